The molecule has 1 fully saturated rings. The van der Waals surface area contributed by atoms with Crippen molar-refractivity contribution in [3.05, 3.63) is 24.5 Å². The van der Waals surface area contributed by atoms with E-state index in [0.717, 1.165) is 31.8 Å². The van der Waals surface area contributed by atoms with Crippen LogP contribution in [0.15, 0.2) is 27.5 Å². The van der Waals surface area contributed by atoms with E-state index >= 15 is 0 Å². The Morgan fingerprint density at radius 3 is 3.10 bits per heavy atom. The van der Waals surface area contributed by atoms with Crippen LogP contribution < -0.4 is 0 Å². The van der Waals surface area contributed by atoms with Crippen molar-refractivity contribution < 1.29 is 13.7 Å². The van der Waals surface area contributed by atoms with E-state index in [1.54, 1.807) is 12.5 Å². The molecule has 0 spiro atoms. The van der Waals surface area contributed by atoms with Crippen LogP contribution in [0.25, 0.3) is 11.4 Å². The summed E-state index contributed by atoms with van der Waals surface area (Å²) in [5.74, 6) is 1.19. The highest BCUT2D eigenvalue weighted by Gasteiger charge is 2.22. The standard InChI is InChI=1S/C14H20N4O3/c1-17(2)7-12-8-18(4-6-20-12)9-13-15-14(16-21-13)11-3-5-19-10-11/h3,5,10,12H,4,6-9H2,1-2H3. The van der Waals surface area contributed by atoms with Gasteiger partial charge in [-0.2, -0.15) is 4.98 Å². The molecule has 0 aromatic carbocycles. The van der Waals surface area contributed by atoms with Crippen molar-refractivity contribution in [2.75, 3.05) is 40.3 Å². The van der Waals surface area contributed by atoms with Crippen LogP contribution in [0.5, 0.6) is 0 Å². The summed E-state index contributed by atoms with van der Waals surface area (Å²) in [4.78, 5) is 8.82. The molecule has 0 saturated carbocycles. The number of hydrogen-bond donors (Lipinski definition) is 0. The molecule has 114 valence electrons. The van der Waals surface area contributed by atoms with Crippen molar-refractivity contribution in [3.8, 4) is 11.4 Å². The topological polar surface area (TPSA) is 67.8 Å². The van der Waals surface area contributed by atoms with Crippen LogP contribution in [0.4, 0.5) is 0 Å². The normalized spacial score (nSPS) is 20.2. The van der Waals surface area contributed by atoms with E-state index in [-0.39, 0.29) is 6.10 Å². The zero-order valence-corrected chi connectivity index (χ0v) is 12.4. The Morgan fingerprint density at radius 2 is 2.33 bits per heavy atom. The highest BCUT2D eigenvalue weighted by Crippen LogP contribution is 2.17. The van der Waals surface area contributed by atoms with Gasteiger partial charge >= 0.3 is 0 Å². The van der Waals surface area contributed by atoms with E-state index in [1.165, 1.54) is 0 Å². The van der Waals surface area contributed by atoms with Gasteiger partial charge in [0.05, 0.1) is 31.1 Å². The van der Waals surface area contributed by atoms with Crippen molar-refractivity contribution in [1.82, 2.24) is 19.9 Å². The number of aromatic nitrogens is 2. The molecule has 0 amide bonds. The maximum absolute atomic E-state index is 5.76. The molecular formula is C14H20N4O3. The smallest absolute Gasteiger partial charge is 0.241 e. The second-order valence-electron chi connectivity index (χ2n) is 5.51. The van der Waals surface area contributed by atoms with E-state index in [1.807, 2.05) is 6.07 Å². The fourth-order valence-corrected chi connectivity index (χ4v) is 2.46. The van der Waals surface area contributed by atoms with E-state index in [9.17, 15) is 0 Å². The van der Waals surface area contributed by atoms with Crippen LogP contribution in [0.1, 0.15) is 5.89 Å². The highest BCUT2D eigenvalue weighted by atomic mass is 16.5. The van der Waals surface area contributed by atoms with Crippen LogP contribution in [0.2, 0.25) is 0 Å². The minimum atomic E-state index is 0.227. The average Bonchev–Trinajstić information content (AvgIpc) is 3.08. The molecule has 21 heavy (non-hydrogen) atoms. The van der Waals surface area contributed by atoms with Crippen molar-refractivity contribution >= 4 is 0 Å². The van der Waals surface area contributed by atoms with Gasteiger partial charge in [-0.05, 0) is 20.2 Å². The van der Waals surface area contributed by atoms with Crippen LogP contribution in [-0.4, -0.2) is 66.4 Å². The van der Waals surface area contributed by atoms with Crippen molar-refractivity contribution in [1.29, 1.82) is 0 Å². The third kappa shape index (κ3) is 3.69. The van der Waals surface area contributed by atoms with Gasteiger partial charge in [-0.15, -0.1) is 0 Å². The Bertz CT molecular complexity index is 552. The van der Waals surface area contributed by atoms with E-state index in [4.69, 9.17) is 13.7 Å². The summed E-state index contributed by atoms with van der Waals surface area (Å²) in [6.07, 6.45) is 3.43. The Balaban J connectivity index is 1.59. The largest absolute Gasteiger partial charge is 0.472 e. The third-order valence-electron chi connectivity index (χ3n) is 3.40. The van der Waals surface area contributed by atoms with E-state index < -0.39 is 0 Å². The number of likely N-dealkylation sites (N-methyl/N-ethyl adjacent to an activating group) is 1. The Hall–Kier alpha value is -1.70. The van der Waals surface area contributed by atoms with Gasteiger partial charge in [-0.1, -0.05) is 5.16 Å². The van der Waals surface area contributed by atoms with Gasteiger partial charge in [0.15, 0.2) is 0 Å². The number of morpholine rings is 1. The van der Waals surface area contributed by atoms with Crippen molar-refractivity contribution in [3.63, 3.8) is 0 Å². The lowest BCUT2D eigenvalue weighted by Crippen LogP contribution is -2.46. The molecule has 1 atom stereocenters. The Morgan fingerprint density at radius 1 is 1.43 bits per heavy atom. The van der Waals surface area contributed by atoms with E-state index in [0.29, 0.717) is 18.3 Å². The molecule has 1 saturated heterocycles. The molecule has 3 rings (SSSR count). The molecule has 0 N–H and O–H groups in total. The summed E-state index contributed by atoms with van der Waals surface area (Å²) < 4.78 is 16.1. The summed E-state index contributed by atoms with van der Waals surface area (Å²) in [5.41, 5.74) is 0.831. The number of hydrogen-bond acceptors (Lipinski definition) is 7. The summed E-state index contributed by atoms with van der Waals surface area (Å²) in [6, 6.07) is 1.82. The molecule has 2 aromatic rings. The predicted octanol–water partition coefficient (Wildman–Crippen LogP) is 1.09. The van der Waals surface area contributed by atoms with Gasteiger partial charge in [0.1, 0.15) is 6.26 Å². The minimum Gasteiger partial charge on any atom is -0.472 e. The maximum Gasteiger partial charge on any atom is 0.241 e. The van der Waals surface area contributed by atoms with Gasteiger partial charge in [0.25, 0.3) is 0 Å². The minimum absolute atomic E-state index is 0.227. The van der Waals surface area contributed by atoms with Crippen LogP contribution in [-0.2, 0) is 11.3 Å². The van der Waals surface area contributed by atoms with Gasteiger partial charge in [-0.3, -0.25) is 4.90 Å². The SMILES string of the molecule is CN(C)CC1CN(Cc2nc(-c3ccoc3)no2)CCO1. The second kappa shape index (κ2) is 6.38. The first-order valence-electron chi connectivity index (χ1n) is 7.04. The molecule has 1 aliphatic rings. The fraction of sp³-hybridized carbons (Fsp3) is 0.571. The molecule has 2 aromatic heterocycles. The average molecular weight is 292 g/mol. The second-order valence-corrected chi connectivity index (χ2v) is 5.51. The number of nitrogens with zero attached hydrogens (tertiary/aromatic N) is 4. The predicted molar refractivity (Wildman–Crippen MR) is 75.6 cm³/mol. The maximum atomic E-state index is 5.76. The summed E-state index contributed by atoms with van der Waals surface area (Å²) >= 11 is 0. The molecular weight excluding hydrogens is 272 g/mol. The fourth-order valence-electron chi connectivity index (χ4n) is 2.46. The molecule has 7 nitrogen and oxygen atoms in total. The Labute approximate surface area is 123 Å². The summed E-state index contributed by atoms with van der Waals surface area (Å²) in [5, 5.41) is 3.98. The van der Waals surface area contributed by atoms with Crippen LogP contribution in [0, 0.1) is 0 Å². The molecule has 1 unspecified atom stereocenters. The lowest BCUT2D eigenvalue weighted by molar-refractivity contribution is -0.0430. The van der Waals surface area contributed by atoms with Crippen molar-refractivity contribution in [2.24, 2.45) is 0 Å². The van der Waals surface area contributed by atoms with Crippen molar-refractivity contribution in [2.45, 2.75) is 12.6 Å². The zero-order chi connectivity index (χ0) is 14.7. The third-order valence-corrected chi connectivity index (χ3v) is 3.40. The molecule has 7 heteroatoms. The summed E-state index contributed by atoms with van der Waals surface area (Å²) in [6.45, 7) is 4.06. The highest BCUT2D eigenvalue weighted by molar-refractivity contribution is 5.51. The number of rotatable bonds is 5. The quantitative estimate of drug-likeness (QED) is 0.817. The summed E-state index contributed by atoms with van der Waals surface area (Å²) in [7, 11) is 4.11. The van der Waals surface area contributed by atoms with Gasteiger partial charge in [-0.25, -0.2) is 0 Å². The van der Waals surface area contributed by atoms with Gasteiger partial charge < -0.3 is 18.6 Å². The lowest BCUT2D eigenvalue weighted by Gasteiger charge is -2.33. The van der Waals surface area contributed by atoms with Gasteiger partial charge in [0, 0.05) is 19.6 Å². The molecule has 0 radical (unpaired) electrons. The molecule has 3 heterocycles. The zero-order valence-electron chi connectivity index (χ0n) is 12.4. The van der Waals surface area contributed by atoms with Crippen LogP contribution in [0.3, 0.4) is 0 Å². The first-order chi connectivity index (χ1) is 10.2. The van der Waals surface area contributed by atoms with Gasteiger partial charge in [0.2, 0.25) is 11.7 Å². The first-order valence-corrected chi connectivity index (χ1v) is 7.04. The van der Waals surface area contributed by atoms with E-state index in [2.05, 4.69) is 34.0 Å². The number of ether oxygens (including phenoxy) is 1. The first kappa shape index (κ1) is 14.2. The monoisotopic (exact) mass is 292 g/mol. The molecule has 0 aliphatic carbocycles. The number of furan rings is 1. The molecule has 1 aliphatic heterocycles. The van der Waals surface area contributed by atoms with Crippen LogP contribution >= 0.6 is 0 Å². The Kier molecular flexibility index (Phi) is 4.33. The molecule has 0 bridgehead atoms. The lowest BCUT2D eigenvalue weighted by atomic mass is 10.2.